The van der Waals surface area contributed by atoms with Crippen LogP contribution in [0.2, 0.25) is 0 Å². The quantitative estimate of drug-likeness (QED) is 0.761. The number of rotatable bonds is 2. The Labute approximate surface area is 95.1 Å². The number of nitrogens with one attached hydrogen (secondary N) is 1. The van der Waals surface area contributed by atoms with Crippen LogP contribution in [0, 0.1) is 5.92 Å². The zero-order valence-corrected chi connectivity index (χ0v) is 9.26. The lowest BCUT2D eigenvalue weighted by atomic mass is 9.84. The number of nitrogens with two attached hydrogens (primary N) is 1. The highest BCUT2D eigenvalue weighted by atomic mass is 15.2. The summed E-state index contributed by atoms with van der Waals surface area (Å²) in [7, 11) is 0. The number of hydrogen-bond acceptors (Lipinski definition) is 5. The highest BCUT2D eigenvalue weighted by Crippen LogP contribution is 2.28. The Morgan fingerprint density at radius 1 is 1.38 bits per heavy atom. The van der Waals surface area contributed by atoms with Crippen LogP contribution < -0.4 is 11.1 Å². The number of hydrogen-bond donors (Lipinski definition) is 2. The third-order valence-electron chi connectivity index (χ3n) is 3.65. The molecule has 0 aromatic carbocycles. The molecule has 86 valence electrons. The summed E-state index contributed by atoms with van der Waals surface area (Å²) >= 11 is 0. The molecular formula is C11H17N5. The molecule has 4 rings (SSSR count). The molecule has 1 unspecified atom stereocenters. The molecule has 3 aliphatic rings. The second kappa shape index (κ2) is 3.90. The molecule has 0 saturated carbocycles. The van der Waals surface area contributed by atoms with Gasteiger partial charge in [-0.25, -0.2) is 4.98 Å². The van der Waals surface area contributed by atoms with E-state index in [4.69, 9.17) is 5.73 Å². The van der Waals surface area contributed by atoms with Crippen molar-refractivity contribution in [1.82, 2.24) is 14.9 Å². The van der Waals surface area contributed by atoms with Gasteiger partial charge < -0.3 is 16.0 Å². The van der Waals surface area contributed by atoms with Crippen molar-refractivity contribution in [3.63, 3.8) is 0 Å². The molecule has 1 aromatic heterocycles. The Morgan fingerprint density at radius 2 is 2.19 bits per heavy atom. The Kier molecular flexibility index (Phi) is 2.40. The number of piperidine rings is 3. The van der Waals surface area contributed by atoms with Crippen molar-refractivity contribution in [3.8, 4) is 0 Å². The summed E-state index contributed by atoms with van der Waals surface area (Å²) in [5, 5.41) is 3.41. The topological polar surface area (TPSA) is 67.1 Å². The third kappa shape index (κ3) is 1.82. The van der Waals surface area contributed by atoms with Crippen molar-refractivity contribution >= 4 is 11.8 Å². The molecule has 0 amide bonds. The molecule has 3 fully saturated rings. The zero-order chi connectivity index (χ0) is 11.0. The number of aromatic nitrogens is 2. The molecule has 0 spiro atoms. The number of anilines is 2. The fourth-order valence-corrected chi connectivity index (χ4v) is 2.74. The Morgan fingerprint density at radius 3 is 2.81 bits per heavy atom. The van der Waals surface area contributed by atoms with Crippen molar-refractivity contribution in [2.75, 3.05) is 30.7 Å². The Bertz CT molecular complexity index is 372. The van der Waals surface area contributed by atoms with E-state index in [1.807, 2.05) is 0 Å². The summed E-state index contributed by atoms with van der Waals surface area (Å²) in [6.45, 7) is 3.62. The van der Waals surface area contributed by atoms with E-state index in [-0.39, 0.29) is 0 Å². The molecule has 0 radical (unpaired) electrons. The average Bonchev–Trinajstić information content (AvgIpc) is 2.30. The summed E-state index contributed by atoms with van der Waals surface area (Å²) < 4.78 is 0. The van der Waals surface area contributed by atoms with Gasteiger partial charge in [0.2, 0.25) is 5.95 Å². The van der Waals surface area contributed by atoms with E-state index in [2.05, 4.69) is 20.2 Å². The van der Waals surface area contributed by atoms with Crippen molar-refractivity contribution in [1.29, 1.82) is 0 Å². The van der Waals surface area contributed by atoms with Crippen molar-refractivity contribution in [2.24, 2.45) is 5.92 Å². The van der Waals surface area contributed by atoms with Gasteiger partial charge in [0.05, 0.1) is 0 Å². The van der Waals surface area contributed by atoms with E-state index in [1.54, 1.807) is 12.3 Å². The van der Waals surface area contributed by atoms with Crippen LogP contribution in [0.1, 0.15) is 12.8 Å². The second-order valence-electron chi connectivity index (χ2n) is 4.69. The first-order valence-electron chi connectivity index (χ1n) is 5.89. The molecule has 2 bridgehead atoms. The van der Waals surface area contributed by atoms with E-state index in [1.165, 1.54) is 25.9 Å². The van der Waals surface area contributed by atoms with Crippen molar-refractivity contribution in [3.05, 3.63) is 12.3 Å². The summed E-state index contributed by atoms with van der Waals surface area (Å²) in [6.07, 6.45) is 4.28. The molecule has 1 aromatic rings. The number of nitrogen functional groups attached to an aromatic ring is 1. The van der Waals surface area contributed by atoms with E-state index in [0.717, 1.165) is 12.5 Å². The van der Waals surface area contributed by atoms with Gasteiger partial charge in [-0.05, 0) is 37.9 Å². The van der Waals surface area contributed by atoms with Gasteiger partial charge in [-0.1, -0.05) is 0 Å². The first kappa shape index (κ1) is 9.84. The minimum Gasteiger partial charge on any atom is -0.384 e. The second-order valence-corrected chi connectivity index (χ2v) is 4.69. The van der Waals surface area contributed by atoms with E-state index in [9.17, 15) is 0 Å². The summed E-state index contributed by atoms with van der Waals surface area (Å²) in [4.78, 5) is 10.9. The third-order valence-corrected chi connectivity index (χ3v) is 3.65. The van der Waals surface area contributed by atoms with Gasteiger partial charge in [0.15, 0.2) is 0 Å². The predicted molar refractivity (Wildman–Crippen MR) is 63.0 cm³/mol. The highest BCUT2D eigenvalue weighted by Gasteiger charge is 2.34. The first-order valence-corrected chi connectivity index (χ1v) is 5.89. The van der Waals surface area contributed by atoms with Gasteiger partial charge in [0.25, 0.3) is 0 Å². The maximum absolute atomic E-state index is 5.64. The van der Waals surface area contributed by atoms with Crippen LogP contribution in [0.3, 0.4) is 0 Å². The first-order chi connectivity index (χ1) is 7.81. The molecule has 3 N–H and O–H groups in total. The molecule has 3 aliphatic heterocycles. The predicted octanol–water partition coefficient (Wildman–Crippen LogP) is 0.565. The molecule has 5 nitrogen and oxygen atoms in total. The highest BCUT2D eigenvalue weighted by molar-refractivity contribution is 5.36. The lowest BCUT2D eigenvalue weighted by Gasteiger charge is -2.44. The lowest BCUT2D eigenvalue weighted by Crippen LogP contribution is -2.53. The molecule has 16 heavy (non-hydrogen) atoms. The van der Waals surface area contributed by atoms with E-state index >= 15 is 0 Å². The van der Waals surface area contributed by atoms with Crippen LogP contribution in [-0.4, -0.2) is 40.5 Å². The fourth-order valence-electron chi connectivity index (χ4n) is 2.74. The molecular weight excluding hydrogens is 202 g/mol. The molecule has 3 saturated heterocycles. The van der Waals surface area contributed by atoms with Gasteiger partial charge in [0, 0.05) is 18.8 Å². The van der Waals surface area contributed by atoms with Gasteiger partial charge in [-0.3, -0.25) is 0 Å². The van der Waals surface area contributed by atoms with Crippen molar-refractivity contribution < 1.29 is 0 Å². The van der Waals surface area contributed by atoms with Crippen LogP contribution in [0.4, 0.5) is 11.8 Å². The summed E-state index contributed by atoms with van der Waals surface area (Å²) in [5.74, 6) is 1.97. The zero-order valence-electron chi connectivity index (χ0n) is 9.26. The van der Waals surface area contributed by atoms with Gasteiger partial charge >= 0.3 is 0 Å². The van der Waals surface area contributed by atoms with E-state index < -0.39 is 0 Å². The molecule has 0 aliphatic carbocycles. The fraction of sp³-hybridized carbons (Fsp3) is 0.636. The summed E-state index contributed by atoms with van der Waals surface area (Å²) in [6, 6.07) is 2.20. The minimum absolute atomic E-state index is 0.490. The summed E-state index contributed by atoms with van der Waals surface area (Å²) in [5.41, 5.74) is 5.64. The van der Waals surface area contributed by atoms with Crippen LogP contribution >= 0.6 is 0 Å². The van der Waals surface area contributed by atoms with Crippen LogP contribution in [0.5, 0.6) is 0 Å². The Balaban J connectivity index is 1.71. The largest absolute Gasteiger partial charge is 0.384 e. The maximum Gasteiger partial charge on any atom is 0.224 e. The monoisotopic (exact) mass is 219 g/mol. The van der Waals surface area contributed by atoms with E-state index in [0.29, 0.717) is 17.8 Å². The van der Waals surface area contributed by atoms with Crippen molar-refractivity contribution in [2.45, 2.75) is 18.9 Å². The van der Waals surface area contributed by atoms with Crippen LogP contribution in [0.15, 0.2) is 12.3 Å². The van der Waals surface area contributed by atoms with Gasteiger partial charge in [-0.2, -0.15) is 4.98 Å². The number of nitrogens with zero attached hydrogens (tertiary/aromatic N) is 3. The van der Waals surface area contributed by atoms with Gasteiger partial charge in [-0.15, -0.1) is 0 Å². The molecule has 1 atom stereocenters. The number of fused-ring (bicyclic) bond motifs is 3. The minimum atomic E-state index is 0.490. The average molecular weight is 219 g/mol. The molecule has 5 heteroatoms. The van der Waals surface area contributed by atoms with Crippen LogP contribution in [0.25, 0.3) is 0 Å². The Hall–Kier alpha value is -1.36. The standard InChI is InChI=1S/C11H17N5/c12-10-1-4-13-11(15-10)14-9-7-16-5-2-8(9)3-6-16/h1,4,8-9H,2-3,5-7H2,(H3,12,13,14,15). The van der Waals surface area contributed by atoms with Gasteiger partial charge in [0.1, 0.15) is 5.82 Å². The lowest BCUT2D eigenvalue weighted by molar-refractivity contribution is 0.0972. The smallest absolute Gasteiger partial charge is 0.224 e. The maximum atomic E-state index is 5.64. The SMILES string of the molecule is Nc1ccnc(NC2CN3CCC2CC3)n1. The normalized spacial score (nSPS) is 32.6. The molecule has 4 heterocycles. The van der Waals surface area contributed by atoms with Crippen LogP contribution in [-0.2, 0) is 0 Å².